The molecular weight excluding hydrogens is 242 g/mol. The van der Waals surface area contributed by atoms with Crippen LogP contribution in [0.4, 0.5) is 0 Å². The number of hydrogen-bond acceptors (Lipinski definition) is 0. The van der Waals surface area contributed by atoms with E-state index in [1.54, 1.807) is 0 Å². The Balaban J connectivity index is 2.75. The van der Waals surface area contributed by atoms with Crippen LogP contribution >= 0.6 is 0 Å². The van der Waals surface area contributed by atoms with Gasteiger partial charge in [-0.05, 0) is 25.0 Å². The molecule has 106 valence electrons. The molecule has 1 nitrogen and oxygen atoms in total. The van der Waals surface area contributed by atoms with Crippen LogP contribution in [0.1, 0.15) is 37.7 Å². The molecule has 2 aromatic rings. The van der Waals surface area contributed by atoms with Gasteiger partial charge in [0.2, 0.25) is 0 Å². The first-order valence-electron chi connectivity index (χ1n) is 7.24. The summed E-state index contributed by atoms with van der Waals surface area (Å²) in [5.74, 6) is 0. The van der Waals surface area contributed by atoms with Crippen LogP contribution in [-0.4, -0.2) is 4.57 Å². The highest BCUT2D eigenvalue weighted by atomic mass is 15.0. The zero-order valence-corrected chi connectivity index (χ0v) is 13.3. The molecule has 1 heteroatoms. The maximum absolute atomic E-state index is 3.91. The van der Waals surface area contributed by atoms with Crippen LogP contribution in [0.15, 0.2) is 43.0 Å². The maximum Gasteiger partial charge on any atom is 0.0403 e. The van der Waals surface area contributed by atoms with Crippen LogP contribution < -0.4 is 0 Å². The molecule has 0 fully saturated rings. The van der Waals surface area contributed by atoms with Crippen molar-refractivity contribution in [1.29, 1.82) is 0 Å². The molecule has 1 aromatic heterocycles. The number of hydrogen-bond donors (Lipinski definition) is 0. The lowest BCUT2D eigenvalue weighted by Crippen LogP contribution is -2.19. The average molecular weight is 267 g/mol. The molecule has 1 aromatic carbocycles. The minimum Gasteiger partial charge on any atom is -0.344 e. The Labute approximate surface area is 123 Å². The van der Waals surface area contributed by atoms with Crippen molar-refractivity contribution < 1.29 is 0 Å². The van der Waals surface area contributed by atoms with E-state index < -0.39 is 0 Å². The Morgan fingerprint density at radius 2 is 1.70 bits per heavy atom. The first kappa shape index (κ1) is 14.6. The highest BCUT2D eigenvalue weighted by molar-refractivity contribution is 5.72. The van der Waals surface area contributed by atoms with Crippen LogP contribution in [0, 0.1) is 13.8 Å². The lowest BCUT2D eigenvalue weighted by atomic mass is 9.88. The lowest BCUT2D eigenvalue weighted by molar-refractivity contribution is 0.526. The number of allylic oxidation sites excluding steroid dienone is 1. The van der Waals surface area contributed by atoms with Gasteiger partial charge in [0.1, 0.15) is 0 Å². The van der Waals surface area contributed by atoms with Crippen molar-refractivity contribution in [2.24, 2.45) is 0 Å². The molecular formula is C19H25N. The summed E-state index contributed by atoms with van der Waals surface area (Å²) in [4.78, 5) is 0. The Kier molecular flexibility index (Phi) is 3.89. The summed E-state index contributed by atoms with van der Waals surface area (Å²) in [5.41, 5.74) is 6.94. The number of aromatic nitrogens is 1. The van der Waals surface area contributed by atoms with E-state index in [-0.39, 0.29) is 5.41 Å². The smallest absolute Gasteiger partial charge is 0.0403 e. The first-order chi connectivity index (χ1) is 9.38. The Hall–Kier alpha value is -1.76. The molecule has 20 heavy (non-hydrogen) atoms. The number of nitrogens with zero attached hydrogens (tertiary/aromatic N) is 1. The lowest BCUT2D eigenvalue weighted by Gasteiger charge is -2.23. The van der Waals surface area contributed by atoms with Gasteiger partial charge in [-0.3, -0.25) is 0 Å². The highest BCUT2D eigenvalue weighted by Crippen LogP contribution is 2.37. The largest absolute Gasteiger partial charge is 0.344 e. The minimum absolute atomic E-state index is 0.130. The third-order valence-corrected chi connectivity index (χ3v) is 3.85. The first-order valence-corrected chi connectivity index (χ1v) is 7.24. The second-order valence-electron chi connectivity index (χ2n) is 6.45. The van der Waals surface area contributed by atoms with E-state index in [4.69, 9.17) is 0 Å². The van der Waals surface area contributed by atoms with Crippen molar-refractivity contribution in [2.75, 3.05) is 0 Å². The van der Waals surface area contributed by atoms with E-state index in [0.29, 0.717) is 0 Å². The molecule has 0 atom stereocenters. The van der Waals surface area contributed by atoms with Gasteiger partial charge in [-0.1, -0.05) is 57.2 Å². The highest BCUT2D eigenvalue weighted by Gasteiger charge is 2.26. The van der Waals surface area contributed by atoms with E-state index in [2.05, 4.69) is 76.1 Å². The fourth-order valence-corrected chi connectivity index (χ4v) is 3.25. The Morgan fingerprint density at radius 3 is 2.20 bits per heavy atom. The van der Waals surface area contributed by atoms with Gasteiger partial charge in [-0.15, -0.1) is 6.58 Å². The summed E-state index contributed by atoms with van der Waals surface area (Å²) >= 11 is 0. The molecule has 0 saturated heterocycles. The standard InChI is InChI=1S/C19H25N/c1-7-13-20-15(3)17(16-11-9-8-10-12-16)14(2)18(20)19(4,5)6/h7-12H,1,13H2,2-6H3. The molecule has 0 bridgehead atoms. The van der Waals surface area contributed by atoms with Crippen molar-refractivity contribution in [3.05, 3.63) is 59.9 Å². The summed E-state index contributed by atoms with van der Waals surface area (Å²) in [5, 5.41) is 0. The van der Waals surface area contributed by atoms with Gasteiger partial charge < -0.3 is 4.57 Å². The van der Waals surface area contributed by atoms with Crippen LogP contribution in [0.25, 0.3) is 11.1 Å². The molecule has 0 saturated carbocycles. The van der Waals surface area contributed by atoms with Crippen LogP contribution in [0.2, 0.25) is 0 Å². The van der Waals surface area contributed by atoms with Crippen molar-refractivity contribution in [3.63, 3.8) is 0 Å². The molecule has 0 aliphatic heterocycles. The van der Waals surface area contributed by atoms with Crippen molar-refractivity contribution in [1.82, 2.24) is 4.57 Å². The number of rotatable bonds is 3. The minimum atomic E-state index is 0.130. The van der Waals surface area contributed by atoms with Gasteiger partial charge in [-0.2, -0.15) is 0 Å². The van der Waals surface area contributed by atoms with Crippen molar-refractivity contribution in [3.8, 4) is 11.1 Å². The third kappa shape index (κ3) is 2.45. The van der Waals surface area contributed by atoms with Crippen molar-refractivity contribution in [2.45, 2.75) is 46.6 Å². The monoisotopic (exact) mass is 267 g/mol. The van der Waals surface area contributed by atoms with Gasteiger partial charge >= 0.3 is 0 Å². The maximum atomic E-state index is 3.91. The predicted octanol–water partition coefficient (Wildman–Crippen LogP) is 5.26. The predicted molar refractivity (Wildman–Crippen MR) is 88.2 cm³/mol. The molecule has 0 aliphatic carbocycles. The van der Waals surface area contributed by atoms with Gasteiger partial charge in [-0.25, -0.2) is 0 Å². The fourth-order valence-electron chi connectivity index (χ4n) is 3.25. The van der Waals surface area contributed by atoms with Gasteiger partial charge in [0.15, 0.2) is 0 Å². The van der Waals surface area contributed by atoms with E-state index in [1.807, 2.05) is 6.08 Å². The number of benzene rings is 1. The van der Waals surface area contributed by atoms with Gasteiger partial charge in [0, 0.05) is 28.9 Å². The van der Waals surface area contributed by atoms with Crippen LogP contribution in [0.3, 0.4) is 0 Å². The Bertz CT molecular complexity index is 609. The molecule has 0 aliphatic rings. The zero-order valence-electron chi connectivity index (χ0n) is 13.3. The average Bonchev–Trinajstić information content (AvgIpc) is 2.62. The molecule has 0 unspecified atom stereocenters. The van der Waals surface area contributed by atoms with E-state index in [0.717, 1.165) is 6.54 Å². The Morgan fingerprint density at radius 1 is 1.10 bits per heavy atom. The molecule has 0 N–H and O–H groups in total. The second kappa shape index (κ2) is 5.32. The molecule has 0 spiro atoms. The van der Waals surface area contributed by atoms with Gasteiger partial charge in [0.25, 0.3) is 0 Å². The van der Waals surface area contributed by atoms with Gasteiger partial charge in [0.05, 0.1) is 0 Å². The summed E-state index contributed by atoms with van der Waals surface area (Å²) in [6.45, 7) is 16.1. The van der Waals surface area contributed by atoms with Crippen molar-refractivity contribution >= 4 is 0 Å². The fraction of sp³-hybridized carbons (Fsp3) is 0.368. The summed E-state index contributed by atoms with van der Waals surface area (Å²) < 4.78 is 2.41. The van der Waals surface area contributed by atoms with E-state index in [1.165, 1.54) is 28.1 Å². The SMILES string of the molecule is C=CCn1c(C)c(-c2ccccc2)c(C)c1C(C)(C)C. The van der Waals surface area contributed by atoms with E-state index >= 15 is 0 Å². The summed E-state index contributed by atoms with van der Waals surface area (Å²) in [7, 11) is 0. The van der Waals surface area contributed by atoms with E-state index in [9.17, 15) is 0 Å². The van der Waals surface area contributed by atoms with Crippen LogP contribution in [-0.2, 0) is 12.0 Å². The molecule has 0 amide bonds. The molecule has 2 rings (SSSR count). The molecule has 1 heterocycles. The normalized spacial score (nSPS) is 11.7. The summed E-state index contributed by atoms with van der Waals surface area (Å²) in [6, 6.07) is 10.7. The quantitative estimate of drug-likeness (QED) is 0.669. The third-order valence-electron chi connectivity index (χ3n) is 3.85. The zero-order chi connectivity index (χ0) is 14.9. The van der Waals surface area contributed by atoms with Crippen LogP contribution in [0.5, 0.6) is 0 Å². The summed E-state index contributed by atoms with van der Waals surface area (Å²) in [6.07, 6.45) is 1.98. The second-order valence-corrected chi connectivity index (χ2v) is 6.45. The molecule has 0 radical (unpaired) electrons. The topological polar surface area (TPSA) is 4.93 Å².